The van der Waals surface area contributed by atoms with Gasteiger partial charge in [0, 0.05) is 34.2 Å². The van der Waals surface area contributed by atoms with Gasteiger partial charge in [-0.25, -0.2) is 0 Å². The summed E-state index contributed by atoms with van der Waals surface area (Å²) in [7, 11) is -0.635. The van der Waals surface area contributed by atoms with Crippen molar-refractivity contribution in [2.24, 2.45) is 0 Å². The van der Waals surface area contributed by atoms with Crippen molar-refractivity contribution in [2.75, 3.05) is 31.6 Å². The summed E-state index contributed by atoms with van der Waals surface area (Å²) in [4.78, 5) is 3.13. The van der Waals surface area contributed by atoms with Crippen molar-refractivity contribution in [1.29, 1.82) is 0 Å². The van der Waals surface area contributed by atoms with E-state index in [1.54, 1.807) is 6.26 Å². The van der Waals surface area contributed by atoms with Gasteiger partial charge in [0.2, 0.25) is 0 Å². The average molecular weight is 268 g/mol. The number of hydrogen-bond donors (Lipinski definition) is 0. The van der Waals surface area contributed by atoms with Crippen LogP contribution in [0.15, 0.2) is 0 Å². The summed E-state index contributed by atoms with van der Waals surface area (Å²) in [5, 5.41) is 0. The van der Waals surface area contributed by atoms with Crippen LogP contribution in [0.2, 0.25) is 0 Å². The SMILES string of the molecule is CS(=O)CCN1CCCC(Br)CC1. The fourth-order valence-corrected chi connectivity index (χ4v) is 2.64. The van der Waals surface area contributed by atoms with Crippen LogP contribution in [0.3, 0.4) is 0 Å². The Kier molecular flexibility index (Phi) is 5.51. The summed E-state index contributed by atoms with van der Waals surface area (Å²) in [5.74, 6) is 0.826. The minimum atomic E-state index is -0.635. The van der Waals surface area contributed by atoms with Crippen LogP contribution in [0.5, 0.6) is 0 Å². The first-order valence-corrected chi connectivity index (χ1v) is 7.49. The molecule has 0 radical (unpaired) electrons. The number of hydrogen-bond acceptors (Lipinski definition) is 2. The van der Waals surface area contributed by atoms with E-state index in [2.05, 4.69) is 20.8 Å². The van der Waals surface area contributed by atoms with Crippen LogP contribution in [0.1, 0.15) is 19.3 Å². The summed E-state index contributed by atoms with van der Waals surface area (Å²) >= 11 is 3.66. The number of alkyl halides is 1. The molecule has 0 aromatic carbocycles. The Balaban J connectivity index is 2.22. The second kappa shape index (κ2) is 6.14. The fourth-order valence-electron chi connectivity index (χ4n) is 1.60. The number of rotatable bonds is 3. The first-order chi connectivity index (χ1) is 6.18. The Hall–Kier alpha value is 0.590. The predicted molar refractivity (Wildman–Crippen MR) is 61.9 cm³/mol. The molecular formula is C9H18BrNOS. The summed E-state index contributed by atoms with van der Waals surface area (Å²) in [5.41, 5.74) is 0. The Morgan fingerprint density at radius 1 is 1.46 bits per heavy atom. The quantitative estimate of drug-likeness (QED) is 0.725. The second-order valence-electron chi connectivity index (χ2n) is 3.65. The Labute approximate surface area is 91.7 Å². The third-order valence-electron chi connectivity index (χ3n) is 2.45. The van der Waals surface area contributed by atoms with E-state index in [1.807, 2.05) is 0 Å². The second-order valence-corrected chi connectivity index (χ2v) is 6.50. The molecule has 0 aromatic rings. The molecule has 4 heteroatoms. The molecule has 1 saturated heterocycles. The van der Waals surface area contributed by atoms with Gasteiger partial charge in [0.25, 0.3) is 0 Å². The molecule has 0 bridgehead atoms. The molecule has 1 rings (SSSR count). The van der Waals surface area contributed by atoms with Gasteiger partial charge in [0.1, 0.15) is 0 Å². The van der Waals surface area contributed by atoms with E-state index < -0.39 is 10.8 Å². The molecule has 13 heavy (non-hydrogen) atoms. The van der Waals surface area contributed by atoms with Gasteiger partial charge in [0.05, 0.1) is 0 Å². The monoisotopic (exact) mass is 267 g/mol. The van der Waals surface area contributed by atoms with Crippen LogP contribution in [-0.4, -0.2) is 45.6 Å². The third-order valence-corrected chi connectivity index (χ3v) is 4.12. The molecule has 0 N–H and O–H groups in total. The third kappa shape index (κ3) is 5.13. The largest absolute Gasteiger partial charge is 0.302 e. The molecule has 78 valence electrons. The van der Waals surface area contributed by atoms with Gasteiger partial charge in [-0.1, -0.05) is 15.9 Å². The maximum absolute atomic E-state index is 10.9. The normalized spacial score (nSPS) is 28.3. The van der Waals surface area contributed by atoms with E-state index >= 15 is 0 Å². The van der Waals surface area contributed by atoms with E-state index in [-0.39, 0.29) is 0 Å². The predicted octanol–water partition coefficient (Wildman–Crippen LogP) is 1.61. The molecular weight excluding hydrogens is 250 g/mol. The summed E-state index contributed by atoms with van der Waals surface area (Å²) in [6.07, 6.45) is 5.57. The molecule has 0 aliphatic carbocycles. The zero-order chi connectivity index (χ0) is 9.68. The lowest BCUT2D eigenvalue weighted by atomic mass is 10.2. The summed E-state index contributed by atoms with van der Waals surface area (Å²) in [6, 6.07) is 0. The number of nitrogens with zero attached hydrogens (tertiary/aromatic N) is 1. The van der Waals surface area contributed by atoms with E-state index in [0.29, 0.717) is 4.83 Å². The molecule has 1 fully saturated rings. The molecule has 0 saturated carbocycles. The van der Waals surface area contributed by atoms with Gasteiger partial charge in [-0.15, -0.1) is 0 Å². The van der Waals surface area contributed by atoms with Crippen LogP contribution >= 0.6 is 15.9 Å². The van der Waals surface area contributed by atoms with Gasteiger partial charge in [0.15, 0.2) is 0 Å². The number of likely N-dealkylation sites (tertiary alicyclic amines) is 1. The smallest absolute Gasteiger partial charge is 0.0359 e. The zero-order valence-electron chi connectivity index (χ0n) is 8.17. The van der Waals surface area contributed by atoms with E-state index in [4.69, 9.17) is 0 Å². The van der Waals surface area contributed by atoms with E-state index in [0.717, 1.165) is 18.8 Å². The molecule has 1 aliphatic heterocycles. The molecule has 0 spiro atoms. The Bertz CT molecular complexity index is 177. The number of halogens is 1. The van der Waals surface area contributed by atoms with Crippen molar-refractivity contribution in [3.8, 4) is 0 Å². The molecule has 2 nitrogen and oxygen atoms in total. The van der Waals surface area contributed by atoms with Crippen molar-refractivity contribution < 1.29 is 4.21 Å². The summed E-state index contributed by atoms with van der Waals surface area (Å²) in [6.45, 7) is 3.34. The molecule has 0 amide bonds. The lowest BCUT2D eigenvalue weighted by Crippen LogP contribution is -2.29. The highest BCUT2D eigenvalue weighted by atomic mass is 79.9. The first-order valence-electron chi connectivity index (χ1n) is 4.85. The maximum atomic E-state index is 10.9. The van der Waals surface area contributed by atoms with Crippen molar-refractivity contribution in [3.63, 3.8) is 0 Å². The van der Waals surface area contributed by atoms with Gasteiger partial charge in [-0.2, -0.15) is 0 Å². The van der Waals surface area contributed by atoms with E-state index in [1.165, 1.54) is 25.8 Å². The molecule has 2 unspecified atom stereocenters. The van der Waals surface area contributed by atoms with Crippen LogP contribution < -0.4 is 0 Å². The van der Waals surface area contributed by atoms with Crippen LogP contribution in [0, 0.1) is 0 Å². The fraction of sp³-hybridized carbons (Fsp3) is 1.00. The Morgan fingerprint density at radius 3 is 2.92 bits per heavy atom. The minimum absolute atomic E-state index is 0.635. The van der Waals surface area contributed by atoms with Gasteiger partial charge in [-0.05, 0) is 32.4 Å². The van der Waals surface area contributed by atoms with Crippen molar-refractivity contribution >= 4 is 26.7 Å². The highest BCUT2D eigenvalue weighted by Gasteiger charge is 2.14. The average Bonchev–Trinajstić information content (AvgIpc) is 2.27. The minimum Gasteiger partial charge on any atom is -0.302 e. The highest BCUT2D eigenvalue weighted by Crippen LogP contribution is 2.17. The molecule has 1 aliphatic rings. The van der Waals surface area contributed by atoms with Crippen LogP contribution in [0.25, 0.3) is 0 Å². The van der Waals surface area contributed by atoms with Crippen LogP contribution in [0.4, 0.5) is 0 Å². The molecule has 0 aromatic heterocycles. The van der Waals surface area contributed by atoms with Gasteiger partial charge in [-0.3, -0.25) is 4.21 Å². The molecule has 1 heterocycles. The van der Waals surface area contributed by atoms with Crippen LogP contribution in [-0.2, 0) is 10.8 Å². The van der Waals surface area contributed by atoms with Crippen molar-refractivity contribution in [3.05, 3.63) is 0 Å². The summed E-state index contributed by atoms with van der Waals surface area (Å²) < 4.78 is 10.9. The zero-order valence-corrected chi connectivity index (χ0v) is 10.6. The Morgan fingerprint density at radius 2 is 2.23 bits per heavy atom. The lowest BCUT2D eigenvalue weighted by molar-refractivity contribution is 0.303. The van der Waals surface area contributed by atoms with Crippen molar-refractivity contribution in [2.45, 2.75) is 24.1 Å². The van der Waals surface area contributed by atoms with Crippen molar-refractivity contribution in [1.82, 2.24) is 4.90 Å². The lowest BCUT2D eigenvalue weighted by Gasteiger charge is -2.18. The molecule has 2 atom stereocenters. The topological polar surface area (TPSA) is 20.3 Å². The highest BCUT2D eigenvalue weighted by molar-refractivity contribution is 9.09. The maximum Gasteiger partial charge on any atom is 0.0359 e. The van der Waals surface area contributed by atoms with Gasteiger partial charge < -0.3 is 4.90 Å². The first kappa shape index (κ1) is 11.7. The van der Waals surface area contributed by atoms with E-state index in [9.17, 15) is 4.21 Å². The van der Waals surface area contributed by atoms with Gasteiger partial charge >= 0.3 is 0 Å². The standard InChI is InChI=1S/C9H18BrNOS/c1-13(12)8-7-11-5-2-3-9(10)4-6-11/h9H,2-8H2,1H3.